The second kappa shape index (κ2) is 17.6. The number of halogens is 1. The van der Waals surface area contributed by atoms with E-state index in [2.05, 4.69) is 0 Å². The highest BCUT2D eigenvalue weighted by atomic mass is 35.7. The summed E-state index contributed by atoms with van der Waals surface area (Å²) in [5, 5.41) is 0. The third-order valence-corrected chi connectivity index (χ3v) is 10.2. The van der Waals surface area contributed by atoms with Crippen LogP contribution < -0.4 is 5.73 Å². The van der Waals surface area contributed by atoms with Crippen LogP contribution in [-0.2, 0) is 30.3 Å². The first-order valence-corrected chi connectivity index (χ1v) is 16.4. The van der Waals surface area contributed by atoms with E-state index in [0.29, 0.717) is 19.1 Å². The summed E-state index contributed by atoms with van der Waals surface area (Å²) in [5.74, 6) is 1.22. The lowest BCUT2D eigenvalue weighted by molar-refractivity contribution is 0.0935. The SMILES string of the molecule is CC(C)(C)S(=O)Cl.CCOC(=O)N1CCC(CS(=O)C(C)(C)C)CC1.CCOC(=O)N1CCC(N)CC1. The molecular formula is C25H50ClN3O6S2. The zero-order valence-corrected chi connectivity index (χ0v) is 26.4. The molecular weight excluding hydrogens is 538 g/mol. The number of rotatable bonds is 4. The molecule has 220 valence electrons. The van der Waals surface area contributed by atoms with Crippen molar-refractivity contribution in [2.24, 2.45) is 11.7 Å². The van der Waals surface area contributed by atoms with Crippen LogP contribution in [0, 0.1) is 5.92 Å². The first-order chi connectivity index (χ1) is 17.0. The van der Waals surface area contributed by atoms with Crippen molar-refractivity contribution in [1.82, 2.24) is 9.80 Å². The Hall–Kier alpha value is -0.910. The number of hydrogen-bond donors (Lipinski definition) is 1. The van der Waals surface area contributed by atoms with E-state index >= 15 is 0 Å². The van der Waals surface area contributed by atoms with Gasteiger partial charge < -0.3 is 25.0 Å². The van der Waals surface area contributed by atoms with E-state index in [1.165, 1.54) is 0 Å². The number of nitrogens with zero attached hydrogens (tertiary/aromatic N) is 2. The average Bonchev–Trinajstić information content (AvgIpc) is 2.80. The molecule has 2 atom stereocenters. The van der Waals surface area contributed by atoms with Crippen molar-refractivity contribution >= 4 is 43.7 Å². The summed E-state index contributed by atoms with van der Waals surface area (Å²) in [7, 11) is 3.22. The summed E-state index contributed by atoms with van der Waals surface area (Å²) in [6, 6.07) is 0.260. The fourth-order valence-corrected chi connectivity index (χ4v) is 4.52. The molecule has 2 aliphatic heterocycles. The second-order valence-electron chi connectivity index (χ2n) is 11.1. The zero-order valence-electron chi connectivity index (χ0n) is 24.0. The fourth-order valence-electron chi connectivity index (χ4n) is 3.26. The minimum atomic E-state index is -1.21. The van der Waals surface area contributed by atoms with Gasteiger partial charge in [-0.15, -0.1) is 0 Å². The van der Waals surface area contributed by atoms with Gasteiger partial charge in [0.25, 0.3) is 0 Å². The molecule has 2 unspecified atom stereocenters. The standard InChI is InChI=1S/C13H25NO3S.C8H16N2O2.C4H9ClOS/c1-5-17-12(15)14-8-6-11(7-9-14)10-18(16)13(2,3)4;1-2-12-8(11)10-5-3-7(9)4-6-10;1-4(2,3)7(5)6/h11H,5-10H2,1-4H3;7H,2-6,9H2,1H3;1-3H3. The van der Waals surface area contributed by atoms with E-state index < -0.39 is 20.8 Å². The van der Waals surface area contributed by atoms with E-state index in [-0.39, 0.29) is 27.7 Å². The second-order valence-corrected chi connectivity index (χ2v) is 15.9. The first kappa shape index (κ1) is 36.1. The average molecular weight is 588 g/mol. The molecule has 0 aliphatic carbocycles. The molecule has 9 nitrogen and oxygen atoms in total. The van der Waals surface area contributed by atoms with E-state index in [4.69, 9.17) is 25.9 Å². The molecule has 2 N–H and O–H groups in total. The number of nitrogens with two attached hydrogens (primary N) is 1. The maximum absolute atomic E-state index is 12.1. The van der Waals surface area contributed by atoms with Crippen LogP contribution in [0.1, 0.15) is 81.1 Å². The normalized spacial score (nSPS) is 19.0. The van der Waals surface area contributed by atoms with Crippen LogP contribution in [0.15, 0.2) is 0 Å². The molecule has 37 heavy (non-hydrogen) atoms. The molecule has 2 aliphatic rings. The predicted octanol–water partition coefficient (Wildman–Crippen LogP) is 4.66. The number of hydrogen-bond acceptors (Lipinski definition) is 7. The Morgan fingerprint density at radius 3 is 1.46 bits per heavy atom. The summed E-state index contributed by atoms with van der Waals surface area (Å²) in [5.41, 5.74) is 5.69. The third kappa shape index (κ3) is 15.9. The molecule has 2 saturated heterocycles. The van der Waals surface area contributed by atoms with Crippen molar-refractivity contribution in [3.05, 3.63) is 0 Å². The number of carbonyl (C=O) groups excluding carboxylic acids is 2. The lowest BCUT2D eigenvalue weighted by Gasteiger charge is -2.32. The predicted molar refractivity (Wildman–Crippen MR) is 154 cm³/mol. The number of ether oxygens (including phenoxy) is 2. The van der Waals surface area contributed by atoms with Crippen LogP contribution in [0.25, 0.3) is 0 Å². The van der Waals surface area contributed by atoms with E-state index in [9.17, 15) is 18.0 Å². The lowest BCUT2D eigenvalue weighted by atomic mass is 9.99. The summed E-state index contributed by atoms with van der Waals surface area (Å²) in [6.45, 7) is 18.9. The van der Waals surface area contributed by atoms with Crippen molar-refractivity contribution in [2.45, 2.75) is 96.6 Å². The maximum Gasteiger partial charge on any atom is 0.409 e. The van der Waals surface area contributed by atoms with Gasteiger partial charge >= 0.3 is 12.2 Å². The van der Waals surface area contributed by atoms with Gasteiger partial charge in [-0.05, 0) is 97.7 Å². The van der Waals surface area contributed by atoms with Gasteiger partial charge in [-0.2, -0.15) is 0 Å². The van der Waals surface area contributed by atoms with Crippen molar-refractivity contribution in [1.29, 1.82) is 0 Å². The first-order valence-electron chi connectivity index (χ1n) is 13.1. The number of likely N-dealkylation sites (tertiary alicyclic amines) is 2. The molecule has 0 saturated carbocycles. The highest BCUT2D eigenvalue weighted by Gasteiger charge is 2.28. The molecule has 0 aromatic heterocycles. The van der Waals surface area contributed by atoms with Crippen LogP contribution in [0.3, 0.4) is 0 Å². The summed E-state index contributed by atoms with van der Waals surface area (Å²) in [6.07, 6.45) is 3.22. The largest absolute Gasteiger partial charge is 0.450 e. The Morgan fingerprint density at radius 2 is 1.16 bits per heavy atom. The van der Waals surface area contributed by atoms with Gasteiger partial charge in [0.1, 0.15) is 10.0 Å². The quantitative estimate of drug-likeness (QED) is 0.475. The van der Waals surface area contributed by atoms with Crippen molar-refractivity contribution < 1.29 is 27.5 Å². The summed E-state index contributed by atoms with van der Waals surface area (Å²) < 4.78 is 31.8. The van der Waals surface area contributed by atoms with Gasteiger partial charge in [-0.3, -0.25) is 4.21 Å². The topological polar surface area (TPSA) is 119 Å². The molecule has 0 bridgehead atoms. The van der Waals surface area contributed by atoms with Gasteiger partial charge in [-0.1, -0.05) is 0 Å². The Bertz CT molecular complexity index is 727. The highest BCUT2D eigenvalue weighted by Crippen LogP contribution is 2.22. The van der Waals surface area contributed by atoms with Crippen molar-refractivity contribution in [3.63, 3.8) is 0 Å². The number of amides is 2. The van der Waals surface area contributed by atoms with Gasteiger partial charge in [0.05, 0.1) is 18.0 Å². The molecule has 0 spiro atoms. The van der Waals surface area contributed by atoms with Crippen LogP contribution in [0.4, 0.5) is 9.59 Å². The number of carbonyl (C=O) groups is 2. The molecule has 2 rings (SSSR count). The van der Waals surface area contributed by atoms with Crippen LogP contribution >= 0.6 is 10.7 Å². The van der Waals surface area contributed by atoms with Crippen molar-refractivity contribution in [2.75, 3.05) is 45.1 Å². The van der Waals surface area contributed by atoms with E-state index in [1.807, 2.05) is 55.4 Å². The molecule has 2 amide bonds. The monoisotopic (exact) mass is 587 g/mol. The highest BCUT2D eigenvalue weighted by molar-refractivity contribution is 8.09. The van der Waals surface area contributed by atoms with Gasteiger partial charge in [0.15, 0.2) is 0 Å². The van der Waals surface area contributed by atoms with Crippen LogP contribution in [0.5, 0.6) is 0 Å². The Labute approximate surface area is 233 Å². The van der Waals surface area contributed by atoms with Crippen LogP contribution in [0.2, 0.25) is 0 Å². The van der Waals surface area contributed by atoms with Gasteiger partial charge in [0, 0.05) is 53.5 Å². The van der Waals surface area contributed by atoms with Crippen molar-refractivity contribution in [3.8, 4) is 0 Å². The molecule has 2 fully saturated rings. The molecule has 0 radical (unpaired) electrons. The minimum absolute atomic E-state index is 0.141. The zero-order chi connectivity index (χ0) is 28.8. The van der Waals surface area contributed by atoms with Gasteiger partial charge in [-0.25, -0.2) is 13.8 Å². The smallest absolute Gasteiger partial charge is 0.409 e. The molecule has 2 heterocycles. The minimum Gasteiger partial charge on any atom is -0.450 e. The summed E-state index contributed by atoms with van der Waals surface area (Å²) in [4.78, 5) is 26.2. The number of piperidine rings is 2. The van der Waals surface area contributed by atoms with Gasteiger partial charge in [0.2, 0.25) is 0 Å². The summed E-state index contributed by atoms with van der Waals surface area (Å²) >= 11 is 0. The Balaban J connectivity index is 0.000000586. The third-order valence-electron chi connectivity index (χ3n) is 5.76. The lowest BCUT2D eigenvalue weighted by Crippen LogP contribution is -2.43. The molecule has 12 heteroatoms. The maximum atomic E-state index is 12.1. The van der Waals surface area contributed by atoms with E-state index in [1.54, 1.807) is 9.80 Å². The molecule has 0 aromatic carbocycles. The molecule has 0 aromatic rings. The van der Waals surface area contributed by atoms with Crippen LogP contribution in [-0.4, -0.2) is 91.1 Å². The van der Waals surface area contributed by atoms with E-state index in [0.717, 1.165) is 57.6 Å². The Morgan fingerprint density at radius 1 is 0.811 bits per heavy atom. The Kier molecular flexibility index (Phi) is 17.2. The fraction of sp³-hybridized carbons (Fsp3) is 0.920.